The van der Waals surface area contributed by atoms with Gasteiger partial charge in [-0.2, -0.15) is 0 Å². The number of nitrogens with two attached hydrogens (primary N) is 1. The maximum Gasteiger partial charge on any atom is 0.247 e. The Bertz CT molecular complexity index is 924. The van der Waals surface area contributed by atoms with Gasteiger partial charge in [0.25, 0.3) is 0 Å². The summed E-state index contributed by atoms with van der Waals surface area (Å²) in [5.41, 5.74) is 8.91. The fourth-order valence-electron chi connectivity index (χ4n) is 3.85. The van der Waals surface area contributed by atoms with Crippen LogP contribution in [0.4, 0.5) is 5.69 Å². The zero-order valence-electron chi connectivity index (χ0n) is 14.4. The average molecular weight is 352 g/mol. The molecule has 7 heteroatoms. The van der Waals surface area contributed by atoms with Gasteiger partial charge in [0.1, 0.15) is 13.1 Å². The van der Waals surface area contributed by atoms with E-state index in [0.717, 1.165) is 53.5 Å². The van der Waals surface area contributed by atoms with Gasteiger partial charge in [-0.05, 0) is 37.3 Å². The van der Waals surface area contributed by atoms with Gasteiger partial charge in [0, 0.05) is 11.1 Å². The molecule has 0 saturated carbocycles. The fraction of sp³-hybridized carbons (Fsp3) is 0.368. The standard InChI is InChI=1S/C19H20N4O3/c20-16(24)9-22-10-18(26)23(11-17(22)25)19-12-5-1-3-7-14(12)21-15-8-4-2-6-13(15)19/h1,3,5,7H,2,4,6,8-11H2,(H2,20,24). The van der Waals surface area contributed by atoms with Crippen LogP contribution in [0.5, 0.6) is 0 Å². The molecule has 0 spiro atoms. The summed E-state index contributed by atoms with van der Waals surface area (Å²) in [6, 6.07) is 7.72. The van der Waals surface area contributed by atoms with Crippen molar-refractivity contribution in [2.24, 2.45) is 5.73 Å². The molecule has 2 heterocycles. The lowest BCUT2D eigenvalue weighted by atomic mass is 9.92. The van der Waals surface area contributed by atoms with Crippen molar-refractivity contribution in [3.05, 3.63) is 35.5 Å². The van der Waals surface area contributed by atoms with Gasteiger partial charge in [0.05, 0.1) is 17.7 Å². The number of carbonyl (C=O) groups is 3. The predicted molar refractivity (Wildman–Crippen MR) is 96.5 cm³/mol. The highest BCUT2D eigenvalue weighted by molar-refractivity contribution is 6.10. The van der Waals surface area contributed by atoms with Gasteiger partial charge >= 0.3 is 0 Å². The highest BCUT2D eigenvalue weighted by Gasteiger charge is 2.34. The van der Waals surface area contributed by atoms with Crippen LogP contribution in [0.2, 0.25) is 0 Å². The Morgan fingerprint density at radius 2 is 1.85 bits per heavy atom. The minimum atomic E-state index is -0.619. The van der Waals surface area contributed by atoms with Crippen molar-refractivity contribution in [3.63, 3.8) is 0 Å². The number of benzene rings is 1. The van der Waals surface area contributed by atoms with E-state index in [2.05, 4.69) is 0 Å². The first-order valence-electron chi connectivity index (χ1n) is 8.81. The Hall–Kier alpha value is -2.96. The van der Waals surface area contributed by atoms with Crippen molar-refractivity contribution in [3.8, 4) is 0 Å². The van der Waals surface area contributed by atoms with Crippen molar-refractivity contribution in [1.29, 1.82) is 0 Å². The minimum Gasteiger partial charge on any atom is -0.368 e. The molecule has 0 radical (unpaired) electrons. The molecule has 1 aliphatic carbocycles. The number of primary amides is 1. The van der Waals surface area contributed by atoms with E-state index < -0.39 is 5.91 Å². The zero-order valence-corrected chi connectivity index (χ0v) is 14.4. The molecule has 2 aromatic rings. The molecule has 1 aromatic heterocycles. The monoisotopic (exact) mass is 352 g/mol. The Morgan fingerprint density at radius 3 is 2.65 bits per heavy atom. The lowest BCUT2D eigenvalue weighted by Gasteiger charge is -2.35. The quantitative estimate of drug-likeness (QED) is 0.882. The first kappa shape index (κ1) is 16.5. The second kappa shape index (κ2) is 6.40. The lowest BCUT2D eigenvalue weighted by molar-refractivity contribution is -0.140. The van der Waals surface area contributed by atoms with E-state index in [-0.39, 0.29) is 31.4 Å². The first-order chi connectivity index (χ1) is 12.5. The van der Waals surface area contributed by atoms with Gasteiger partial charge in [-0.25, -0.2) is 0 Å². The molecule has 2 N–H and O–H groups in total. The summed E-state index contributed by atoms with van der Waals surface area (Å²) in [6.45, 7) is -0.437. The van der Waals surface area contributed by atoms with Crippen molar-refractivity contribution in [2.45, 2.75) is 25.7 Å². The van der Waals surface area contributed by atoms with Crippen LogP contribution in [0.3, 0.4) is 0 Å². The number of pyridine rings is 1. The van der Waals surface area contributed by atoms with Crippen LogP contribution in [-0.4, -0.2) is 47.2 Å². The van der Waals surface area contributed by atoms with E-state index in [1.165, 1.54) is 4.90 Å². The second-order valence-electron chi connectivity index (χ2n) is 6.81. The van der Waals surface area contributed by atoms with Gasteiger partial charge in [0.15, 0.2) is 0 Å². The van der Waals surface area contributed by atoms with Gasteiger partial charge in [-0.15, -0.1) is 0 Å². The fourth-order valence-corrected chi connectivity index (χ4v) is 3.85. The summed E-state index contributed by atoms with van der Waals surface area (Å²) < 4.78 is 0. The third-order valence-corrected chi connectivity index (χ3v) is 5.03. The number of fused-ring (bicyclic) bond motifs is 2. The number of carbonyl (C=O) groups excluding carboxylic acids is 3. The van der Waals surface area contributed by atoms with Crippen LogP contribution < -0.4 is 10.6 Å². The van der Waals surface area contributed by atoms with E-state index >= 15 is 0 Å². The molecule has 26 heavy (non-hydrogen) atoms. The maximum absolute atomic E-state index is 12.8. The Kier molecular flexibility index (Phi) is 4.06. The number of hydrogen-bond acceptors (Lipinski definition) is 4. The van der Waals surface area contributed by atoms with Crippen LogP contribution in [0.1, 0.15) is 24.1 Å². The van der Waals surface area contributed by atoms with Gasteiger partial charge < -0.3 is 15.5 Å². The minimum absolute atomic E-state index is 0.0768. The highest BCUT2D eigenvalue weighted by Crippen LogP contribution is 2.36. The molecular weight excluding hydrogens is 332 g/mol. The third kappa shape index (κ3) is 2.79. The molecule has 2 aliphatic rings. The smallest absolute Gasteiger partial charge is 0.247 e. The highest BCUT2D eigenvalue weighted by atomic mass is 16.2. The Balaban J connectivity index is 1.80. The summed E-state index contributed by atoms with van der Waals surface area (Å²) in [4.78, 5) is 44.0. The predicted octanol–water partition coefficient (Wildman–Crippen LogP) is 0.774. The molecule has 0 unspecified atom stereocenters. The van der Waals surface area contributed by atoms with Crippen LogP contribution >= 0.6 is 0 Å². The summed E-state index contributed by atoms with van der Waals surface area (Å²) in [7, 11) is 0. The molecule has 0 atom stereocenters. The molecule has 7 nitrogen and oxygen atoms in total. The van der Waals surface area contributed by atoms with Crippen LogP contribution in [0.25, 0.3) is 10.9 Å². The maximum atomic E-state index is 12.8. The number of aryl methyl sites for hydroxylation is 1. The number of para-hydroxylation sites is 1. The van der Waals surface area contributed by atoms with Gasteiger partial charge in [0.2, 0.25) is 17.7 Å². The molecule has 1 aromatic carbocycles. The van der Waals surface area contributed by atoms with E-state index in [4.69, 9.17) is 10.7 Å². The van der Waals surface area contributed by atoms with E-state index in [1.807, 2.05) is 24.3 Å². The number of piperazine rings is 1. The molecule has 134 valence electrons. The summed E-state index contributed by atoms with van der Waals surface area (Å²) in [5.74, 6) is -1.09. The van der Waals surface area contributed by atoms with E-state index in [1.54, 1.807) is 4.90 Å². The largest absolute Gasteiger partial charge is 0.368 e. The number of rotatable bonds is 3. The molecule has 0 bridgehead atoms. The summed E-state index contributed by atoms with van der Waals surface area (Å²) in [5, 5.41) is 0.887. The normalized spacial score (nSPS) is 17.5. The molecule has 4 rings (SSSR count). The number of hydrogen-bond donors (Lipinski definition) is 1. The number of aromatic nitrogens is 1. The molecule has 1 saturated heterocycles. The van der Waals surface area contributed by atoms with Crippen molar-refractivity contribution < 1.29 is 14.4 Å². The number of amides is 3. The van der Waals surface area contributed by atoms with E-state index in [0.29, 0.717) is 0 Å². The van der Waals surface area contributed by atoms with Crippen molar-refractivity contribution in [1.82, 2.24) is 9.88 Å². The molecular formula is C19H20N4O3. The summed E-state index contributed by atoms with van der Waals surface area (Å²) >= 11 is 0. The van der Waals surface area contributed by atoms with Gasteiger partial charge in [-0.1, -0.05) is 18.2 Å². The lowest BCUT2D eigenvalue weighted by Crippen LogP contribution is -2.56. The molecule has 1 aliphatic heterocycles. The topological polar surface area (TPSA) is 96.6 Å². The number of nitrogens with zero attached hydrogens (tertiary/aromatic N) is 3. The second-order valence-corrected chi connectivity index (χ2v) is 6.81. The van der Waals surface area contributed by atoms with Crippen LogP contribution in [0, 0.1) is 0 Å². The SMILES string of the molecule is NC(=O)CN1CC(=O)N(c2c3c(nc4ccccc24)CCCC3)CC1=O. The summed E-state index contributed by atoms with van der Waals surface area (Å²) in [6.07, 6.45) is 3.86. The first-order valence-corrected chi connectivity index (χ1v) is 8.81. The third-order valence-electron chi connectivity index (χ3n) is 5.03. The Labute approximate surface area is 150 Å². The van der Waals surface area contributed by atoms with Crippen LogP contribution in [0.15, 0.2) is 24.3 Å². The zero-order chi connectivity index (χ0) is 18.3. The average Bonchev–Trinajstić information content (AvgIpc) is 2.62. The number of anilines is 1. The molecule has 1 fully saturated rings. The molecule has 3 amide bonds. The van der Waals surface area contributed by atoms with Gasteiger partial charge in [-0.3, -0.25) is 19.4 Å². The van der Waals surface area contributed by atoms with E-state index in [9.17, 15) is 14.4 Å². The Morgan fingerprint density at radius 1 is 1.08 bits per heavy atom. The van der Waals surface area contributed by atoms with Crippen LogP contribution in [-0.2, 0) is 27.2 Å². The van der Waals surface area contributed by atoms with Crippen molar-refractivity contribution in [2.75, 3.05) is 24.5 Å². The van der Waals surface area contributed by atoms with Crippen molar-refractivity contribution >= 4 is 34.3 Å².